The molecule has 0 aliphatic rings. The zero-order chi connectivity index (χ0) is 13.1. The third kappa shape index (κ3) is 2.55. The minimum Gasteiger partial charge on any atom is -0.316 e. The minimum atomic E-state index is -0.339. The standard InChI is InChI=1S/C11H16N6O/c1-4-9-14-10(16-15-9)11(18)13-8-5-12-17(6-8)7(2)3/h5-7H,4H2,1-3H3,(H,13,18)(H,14,15,16). The van der Waals surface area contributed by atoms with Gasteiger partial charge in [0.1, 0.15) is 5.82 Å². The van der Waals surface area contributed by atoms with Gasteiger partial charge in [-0.15, -0.1) is 5.10 Å². The lowest BCUT2D eigenvalue weighted by molar-refractivity contribution is 0.101. The molecule has 2 heterocycles. The van der Waals surface area contributed by atoms with Gasteiger partial charge in [-0.2, -0.15) is 5.10 Å². The molecule has 7 nitrogen and oxygen atoms in total. The second-order valence-corrected chi connectivity index (χ2v) is 4.22. The highest BCUT2D eigenvalue weighted by Gasteiger charge is 2.13. The van der Waals surface area contributed by atoms with Gasteiger partial charge < -0.3 is 5.32 Å². The van der Waals surface area contributed by atoms with E-state index in [1.807, 2.05) is 20.8 Å². The molecule has 0 aliphatic carbocycles. The molecule has 96 valence electrons. The van der Waals surface area contributed by atoms with Crippen molar-refractivity contribution in [2.24, 2.45) is 0 Å². The summed E-state index contributed by atoms with van der Waals surface area (Å²) in [6, 6.07) is 0.255. The normalized spacial score (nSPS) is 10.9. The van der Waals surface area contributed by atoms with Gasteiger partial charge in [0.05, 0.1) is 11.9 Å². The Morgan fingerprint density at radius 1 is 1.56 bits per heavy atom. The maximum atomic E-state index is 11.8. The quantitative estimate of drug-likeness (QED) is 0.855. The highest BCUT2D eigenvalue weighted by atomic mass is 16.2. The van der Waals surface area contributed by atoms with Crippen molar-refractivity contribution in [3.63, 3.8) is 0 Å². The van der Waals surface area contributed by atoms with Crippen molar-refractivity contribution < 1.29 is 4.79 Å². The highest BCUT2D eigenvalue weighted by Crippen LogP contribution is 2.10. The number of hydrogen-bond acceptors (Lipinski definition) is 4. The Morgan fingerprint density at radius 2 is 2.33 bits per heavy atom. The summed E-state index contributed by atoms with van der Waals surface area (Å²) in [5, 5.41) is 13.4. The van der Waals surface area contributed by atoms with Gasteiger partial charge in [0.15, 0.2) is 0 Å². The Balaban J connectivity index is 2.06. The lowest BCUT2D eigenvalue weighted by Gasteiger charge is -2.03. The third-order valence-electron chi connectivity index (χ3n) is 2.46. The fourth-order valence-corrected chi connectivity index (χ4v) is 1.43. The average molecular weight is 248 g/mol. The first-order chi connectivity index (χ1) is 8.60. The molecule has 0 radical (unpaired) electrons. The van der Waals surface area contributed by atoms with Gasteiger partial charge in [0.2, 0.25) is 5.82 Å². The van der Waals surface area contributed by atoms with Gasteiger partial charge in [-0.1, -0.05) is 6.92 Å². The van der Waals surface area contributed by atoms with Gasteiger partial charge >= 0.3 is 0 Å². The average Bonchev–Trinajstić information content (AvgIpc) is 2.96. The van der Waals surface area contributed by atoms with Crippen molar-refractivity contribution in [2.45, 2.75) is 33.2 Å². The molecule has 0 atom stereocenters. The van der Waals surface area contributed by atoms with E-state index >= 15 is 0 Å². The fourth-order valence-electron chi connectivity index (χ4n) is 1.43. The van der Waals surface area contributed by atoms with Crippen molar-refractivity contribution in [1.82, 2.24) is 25.0 Å². The summed E-state index contributed by atoms with van der Waals surface area (Å²) in [5.74, 6) is 0.497. The van der Waals surface area contributed by atoms with Crippen LogP contribution in [0.2, 0.25) is 0 Å². The molecule has 2 aromatic heterocycles. The van der Waals surface area contributed by atoms with Gasteiger partial charge in [0.25, 0.3) is 5.91 Å². The summed E-state index contributed by atoms with van der Waals surface area (Å²) >= 11 is 0. The molecular formula is C11H16N6O. The van der Waals surface area contributed by atoms with Crippen molar-refractivity contribution in [3.8, 4) is 0 Å². The number of rotatable bonds is 4. The lowest BCUT2D eigenvalue weighted by atomic mass is 10.4. The van der Waals surface area contributed by atoms with Crippen LogP contribution in [-0.2, 0) is 6.42 Å². The number of anilines is 1. The van der Waals surface area contributed by atoms with E-state index in [4.69, 9.17) is 0 Å². The number of nitrogens with one attached hydrogen (secondary N) is 2. The van der Waals surface area contributed by atoms with E-state index in [1.54, 1.807) is 17.1 Å². The first kappa shape index (κ1) is 12.3. The van der Waals surface area contributed by atoms with E-state index in [2.05, 4.69) is 25.6 Å². The Kier molecular flexibility index (Phi) is 3.40. The van der Waals surface area contributed by atoms with Crippen LogP contribution in [0.3, 0.4) is 0 Å². The number of H-pyrrole nitrogens is 1. The topological polar surface area (TPSA) is 88.5 Å². The Morgan fingerprint density at radius 3 is 2.89 bits per heavy atom. The number of amides is 1. The van der Waals surface area contributed by atoms with Crippen LogP contribution in [0.4, 0.5) is 5.69 Å². The monoisotopic (exact) mass is 248 g/mol. The van der Waals surface area contributed by atoms with E-state index in [9.17, 15) is 4.79 Å². The number of aromatic amines is 1. The molecule has 0 aromatic carbocycles. The number of aryl methyl sites for hydroxylation is 1. The minimum absolute atomic E-state index is 0.143. The number of carbonyl (C=O) groups is 1. The van der Waals surface area contributed by atoms with Crippen molar-refractivity contribution in [1.29, 1.82) is 0 Å². The van der Waals surface area contributed by atoms with E-state index in [1.165, 1.54) is 0 Å². The van der Waals surface area contributed by atoms with Crippen LogP contribution >= 0.6 is 0 Å². The van der Waals surface area contributed by atoms with Gasteiger partial charge in [-0.25, -0.2) is 4.98 Å². The molecule has 0 saturated heterocycles. The predicted molar refractivity (Wildman–Crippen MR) is 66.3 cm³/mol. The van der Waals surface area contributed by atoms with Crippen LogP contribution in [0.25, 0.3) is 0 Å². The maximum Gasteiger partial charge on any atom is 0.295 e. The summed E-state index contributed by atoms with van der Waals surface area (Å²) in [6.45, 7) is 5.97. The number of aromatic nitrogens is 5. The van der Waals surface area contributed by atoms with E-state index in [0.29, 0.717) is 17.9 Å². The maximum absolute atomic E-state index is 11.8. The largest absolute Gasteiger partial charge is 0.316 e. The number of nitrogens with zero attached hydrogens (tertiary/aromatic N) is 4. The van der Waals surface area contributed by atoms with Gasteiger partial charge in [0, 0.05) is 18.7 Å². The zero-order valence-corrected chi connectivity index (χ0v) is 10.6. The molecule has 0 fully saturated rings. The Bertz CT molecular complexity index is 541. The second-order valence-electron chi connectivity index (χ2n) is 4.22. The van der Waals surface area contributed by atoms with Crippen LogP contribution in [0.1, 0.15) is 43.3 Å². The van der Waals surface area contributed by atoms with Crippen LogP contribution in [-0.4, -0.2) is 30.9 Å². The number of hydrogen-bond donors (Lipinski definition) is 2. The van der Waals surface area contributed by atoms with Crippen molar-refractivity contribution in [3.05, 3.63) is 24.0 Å². The molecular weight excluding hydrogens is 232 g/mol. The molecule has 2 N–H and O–H groups in total. The summed E-state index contributed by atoms with van der Waals surface area (Å²) < 4.78 is 1.77. The summed E-state index contributed by atoms with van der Waals surface area (Å²) in [4.78, 5) is 15.9. The van der Waals surface area contributed by atoms with E-state index in [0.717, 1.165) is 0 Å². The van der Waals surface area contributed by atoms with E-state index in [-0.39, 0.29) is 17.8 Å². The van der Waals surface area contributed by atoms with Crippen LogP contribution in [0, 0.1) is 0 Å². The smallest absolute Gasteiger partial charge is 0.295 e. The van der Waals surface area contributed by atoms with Crippen molar-refractivity contribution >= 4 is 11.6 Å². The first-order valence-electron chi connectivity index (χ1n) is 5.87. The molecule has 2 aromatic rings. The molecule has 7 heteroatoms. The highest BCUT2D eigenvalue weighted by molar-refractivity contribution is 6.01. The molecule has 1 amide bonds. The lowest BCUT2D eigenvalue weighted by Crippen LogP contribution is -2.13. The third-order valence-corrected chi connectivity index (χ3v) is 2.46. The Labute approximate surface area is 105 Å². The second kappa shape index (κ2) is 4.99. The molecule has 0 unspecified atom stereocenters. The predicted octanol–water partition coefficient (Wildman–Crippen LogP) is 1.40. The van der Waals surface area contributed by atoms with Crippen LogP contribution < -0.4 is 5.32 Å². The van der Waals surface area contributed by atoms with Gasteiger partial charge in [-0.05, 0) is 13.8 Å². The molecule has 2 rings (SSSR count). The van der Waals surface area contributed by atoms with E-state index < -0.39 is 0 Å². The zero-order valence-electron chi connectivity index (χ0n) is 10.6. The molecule has 18 heavy (non-hydrogen) atoms. The molecule has 0 aliphatic heterocycles. The number of carbonyl (C=O) groups excluding carboxylic acids is 1. The van der Waals surface area contributed by atoms with Crippen molar-refractivity contribution in [2.75, 3.05) is 5.32 Å². The summed E-state index contributed by atoms with van der Waals surface area (Å²) in [5.41, 5.74) is 0.636. The molecule has 0 saturated carbocycles. The fraction of sp³-hybridized carbons (Fsp3) is 0.455. The van der Waals surface area contributed by atoms with Crippen LogP contribution in [0.5, 0.6) is 0 Å². The van der Waals surface area contributed by atoms with Gasteiger partial charge in [-0.3, -0.25) is 14.6 Å². The van der Waals surface area contributed by atoms with Crippen LogP contribution in [0.15, 0.2) is 12.4 Å². The summed E-state index contributed by atoms with van der Waals surface area (Å²) in [6.07, 6.45) is 4.09. The Hall–Kier alpha value is -2.18. The molecule has 0 bridgehead atoms. The SMILES string of the molecule is CCc1nc(C(=O)Nc2cnn(C(C)C)c2)n[nH]1. The molecule has 0 spiro atoms. The summed E-state index contributed by atoms with van der Waals surface area (Å²) in [7, 11) is 0. The first-order valence-corrected chi connectivity index (χ1v) is 5.87.